The molecule has 1 aromatic carbocycles. The van der Waals surface area contributed by atoms with E-state index in [1.165, 1.54) is 10.7 Å². The Morgan fingerprint density at radius 1 is 1.16 bits per heavy atom. The smallest absolute Gasteiger partial charge is 0.267 e. The molecule has 1 aliphatic rings. The average Bonchev–Trinajstić information content (AvgIpc) is 3.39. The highest BCUT2D eigenvalue weighted by Gasteiger charge is 2.33. The van der Waals surface area contributed by atoms with E-state index < -0.39 is 6.04 Å². The number of carbonyl (C=O) groups excluding carboxylic acids is 1. The number of ether oxygens (including phenoxy) is 1. The monoisotopic (exact) mass is 416 g/mol. The maximum Gasteiger partial charge on any atom is 0.267 e. The van der Waals surface area contributed by atoms with Crippen molar-refractivity contribution in [2.24, 2.45) is 0 Å². The van der Waals surface area contributed by atoms with E-state index in [4.69, 9.17) is 4.74 Å². The Bertz CT molecular complexity index is 1310. The summed E-state index contributed by atoms with van der Waals surface area (Å²) in [6.45, 7) is 2.46. The molecule has 4 aromatic rings. The van der Waals surface area contributed by atoms with Crippen molar-refractivity contribution in [1.29, 1.82) is 0 Å². The Kier molecular flexibility index (Phi) is 4.79. The quantitative estimate of drug-likeness (QED) is 0.525. The zero-order valence-electron chi connectivity index (χ0n) is 16.8. The summed E-state index contributed by atoms with van der Waals surface area (Å²) in [5.74, 6) is 0.546. The molecule has 5 rings (SSSR count). The second-order valence-electron chi connectivity index (χ2n) is 7.48. The highest BCUT2D eigenvalue weighted by molar-refractivity contribution is 5.97. The number of nitrogens with one attached hydrogen (secondary N) is 2. The number of nitrogens with zero attached hydrogens (tertiary/aromatic N) is 4. The summed E-state index contributed by atoms with van der Waals surface area (Å²) >= 11 is 0. The SMILES string of the molecule is Cc1nc2ccc(C(=O)NC3COCC3n3nc(-c4ccncc4)ccc3=O)cc2[nH]1. The van der Waals surface area contributed by atoms with Crippen molar-refractivity contribution in [2.75, 3.05) is 13.2 Å². The maximum atomic E-state index is 12.9. The van der Waals surface area contributed by atoms with Gasteiger partial charge in [-0.1, -0.05) is 0 Å². The number of carbonyl (C=O) groups is 1. The molecule has 0 bridgehead atoms. The summed E-state index contributed by atoms with van der Waals surface area (Å²) < 4.78 is 6.99. The Morgan fingerprint density at radius 2 is 2.00 bits per heavy atom. The molecule has 9 nitrogen and oxygen atoms in total. The Hall–Kier alpha value is -3.85. The third kappa shape index (κ3) is 3.71. The van der Waals surface area contributed by atoms with Crippen LogP contribution in [-0.4, -0.2) is 49.9 Å². The minimum atomic E-state index is -0.406. The molecule has 156 valence electrons. The van der Waals surface area contributed by atoms with Crippen molar-refractivity contribution in [1.82, 2.24) is 30.0 Å². The maximum absolute atomic E-state index is 12.9. The molecule has 3 aromatic heterocycles. The first kappa shape index (κ1) is 19.1. The van der Waals surface area contributed by atoms with Gasteiger partial charge in [0, 0.05) is 29.6 Å². The molecule has 0 spiro atoms. The van der Waals surface area contributed by atoms with Crippen molar-refractivity contribution in [3.05, 3.63) is 76.6 Å². The van der Waals surface area contributed by atoms with E-state index in [9.17, 15) is 9.59 Å². The first-order valence-corrected chi connectivity index (χ1v) is 9.94. The van der Waals surface area contributed by atoms with Crippen LogP contribution in [0.4, 0.5) is 0 Å². The van der Waals surface area contributed by atoms with Crippen LogP contribution >= 0.6 is 0 Å². The van der Waals surface area contributed by atoms with Gasteiger partial charge >= 0.3 is 0 Å². The molecule has 4 heterocycles. The van der Waals surface area contributed by atoms with Crippen molar-refractivity contribution in [2.45, 2.75) is 19.0 Å². The van der Waals surface area contributed by atoms with Crippen molar-refractivity contribution in [3.63, 3.8) is 0 Å². The zero-order chi connectivity index (χ0) is 21.4. The number of aromatic amines is 1. The summed E-state index contributed by atoms with van der Waals surface area (Å²) in [6, 6.07) is 11.3. The molecular weight excluding hydrogens is 396 g/mol. The number of pyridine rings is 1. The van der Waals surface area contributed by atoms with Crippen LogP contribution in [-0.2, 0) is 4.74 Å². The van der Waals surface area contributed by atoms with Crippen LogP contribution in [0, 0.1) is 6.92 Å². The predicted octanol–water partition coefficient (Wildman–Crippen LogP) is 1.86. The van der Waals surface area contributed by atoms with E-state index >= 15 is 0 Å². The van der Waals surface area contributed by atoms with Crippen molar-refractivity contribution < 1.29 is 9.53 Å². The van der Waals surface area contributed by atoms with Crippen LogP contribution in [0.3, 0.4) is 0 Å². The molecule has 2 atom stereocenters. The van der Waals surface area contributed by atoms with Gasteiger partial charge < -0.3 is 15.0 Å². The summed E-state index contributed by atoms with van der Waals surface area (Å²) in [4.78, 5) is 36.9. The van der Waals surface area contributed by atoms with Gasteiger partial charge in [-0.3, -0.25) is 14.6 Å². The first-order valence-electron chi connectivity index (χ1n) is 9.94. The van der Waals surface area contributed by atoms with Gasteiger partial charge in [0.1, 0.15) is 11.9 Å². The van der Waals surface area contributed by atoms with Gasteiger partial charge in [-0.25, -0.2) is 9.67 Å². The van der Waals surface area contributed by atoms with Gasteiger partial charge in [0.25, 0.3) is 11.5 Å². The third-order valence-corrected chi connectivity index (χ3v) is 5.34. The molecule has 31 heavy (non-hydrogen) atoms. The van der Waals surface area contributed by atoms with Gasteiger partial charge in [0.2, 0.25) is 0 Å². The lowest BCUT2D eigenvalue weighted by molar-refractivity contribution is 0.0925. The number of amides is 1. The minimum absolute atomic E-state index is 0.243. The number of aromatic nitrogens is 5. The molecule has 1 amide bonds. The summed E-state index contributed by atoms with van der Waals surface area (Å²) in [5, 5.41) is 7.52. The molecular formula is C22H20N6O3. The zero-order valence-corrected chi connectivity index (χ0v) is 16.8. The fraction of sp³-hybridized carbons (Fsp3) is 0.227. The van der Waals surface area contributed by atoms with Crippen LogP contribution in [0.15, 0.2) is 59.7 Å². The van der Waals surface area contributed by atoms with Gasteiger partial charge in [0.05, 0.1) is 36.0 Å². The highest BCUT2D eigenvalue weighted by Crippen LogP contribution is 2.21. The number of rotatable bonds is 4. The molecule has 1 aliphatic heterocycles. The van der Waals surface area contributed by atoms with Crippen LogP contribution in [0.5, 0.6) is 0 Å². The number of hydrogen-bond donors (Lipinski definition) is 2. The molecule has 9 heteroatoms. The number of H-pyrrole nitrogens is 1. The van der Waals surface area contributed by atoms with Gasteiger partial charge in [0.15, 0.2) is 0 Å². The van der Waals surface area contributed by atoms with E-state index in [0.29, 0.717) is 17.9 Å². The lowest BCUT2D eigenvalue weighted by atomic mass is 10.1. The van der Waals surface area contributed by atoms with Gasteiger partial charge in [-0.05, 0) is 43.3 Å². The Balaban J connectivity index is 1.40. The molecule has 1 saturated heterocycles. The van der Waals surface area contributed by atoms with E-state index in [2.05, 4.69) is 25.4 Å². The van der Waals surface area contributed by atoms with Crippen LogP contribution in [0.1, 0.15) is 22.2 Å². The summed E-state index contributed by atoms with van der Waals surface area (Å²) in [6.07, 6.45) is 3.35. The Morgan fingerprint density at radius 3 is 2.84 bits per heavy atom. The lowest BCUT2D eigenvalue weighted by Crippen LogP contribution is -2.44. The first-order chi connectivity index (χ1) is 15.1. The number of imidazole rings is 1. The molecule has 2 unspecified atom stereocenters. The van der Waals surface area contributed by atoms with Crippen molar-refractivity contribution >= 4 is 16.9 Å². The number of hydrogen-bond acceptors (Lipinski definition) is 6. The minimum Gasteiger partial charge on any atom is -0.377 e. The predicted molar refractivity (Wildman–Crippen MR) is 114 cm³/mol. The standard InChI is InChI=1S/C22H20N6O3/c1-13-24-17-3-2-15(10-18(17)25-13)22(30)26-19-11-31-12-20(19)28-21(29)5-4-16(27-28)14-6-8-23-9-7-14/h2-10,19-20H,11-12H2,1H3,(H,24,25)(H,26,30). The highest BCUT2D eigenvalue weighted by atomic mass is 16.5. The lowest BCUT2D eigenvalue weighted by Gasteiger charge is -2.20. The normalized spacial score (nSPS) is 18.4. The van der Waals surface area contributed by atoms with E-state index in [1.807, 2.05) is 19.1 Å². The van der Waals surface area contributed by atoms with Crippen LogP contribution < -0.4 is 10.9 Å². The molecule has 2 N–H and O–H groups in total. The van der Waals surface area contributed by atoms with Crippen molar-refractivity contribution in [3.8, 4) is 11.3 Å². The van der Waals surface area contributed by atoms with E-state index in [1.54, 1.807) is 36.7 Å². The largest absolute Gasteiger partial charge is 0.377 e. The number of benzene rings is 1. The summed E-state index contributed by atoms with van der Waals surface area (Å²) in [5.41, 5.74) is 3.37. The molecule has 0 saturated carbocycles. The number of aryl methyl sites for hydroxylation is 1. The topological polar surface area (TPSA) is 115 Å². The molecule has 1 fully saturated rings. The fourth-order valence-electron chi connectivity index (χ4n) is 3.79. The fourth-order valence-corrected chi connectivity index (χ4v) is 3.79. The molecule has 0 aliphatic carbocycles. The Labute approximate surface area is 177 Å². The second-order valence-corrected chi connectivity index (χ2v) is 7.48. The second kappa shape index (κ2) is 7.77. The van der Waals surface area contributed by atoms with E-state index in [-0.39, 0.29) is 24.1 Å². The molecule has 0 radical (unpaired) electrons. The van der Waals surface area contributed by atoms with Crippen LogP contribution in [0.2, 0.25) is 0 Å². The van der Waals surface area contributed by atoms with Gasteiger partial charge in [-0.2, -0.15) is 5.10 Å². The average molecular weight is 416 g/mol. The number of fused-ring (bicyclic) bond motifs is 1. The van der Waals surface area contributed by atoms with E-state index in [0.717, 1.165) is 22.4 Å². The third-order valence-electron chi connectivity index (χ3n) is 5.34. The van der Waals surface area contributed by atoms with Gasteiger partial charge in [-0.15, -0.1) is 0 Å². The summed E-state index contributed by atoms with van der Waals surface area (Å²) in [7, 11) is 0. The van der Waals surface area contributed by atoms with Crippen LogP contribution in [0.25, 0.3) is 22.3 Å².